The molecule has 34 heavy (non-hydrogen) atoms. The third-order valence-electron chi connectivity index (χ3n) is 5.96. The number of pyridine rings is 1. The maximum atomic E-state index is 13.3. The molecule has 0 bridgehead atoms. The van der Waals surface area contributed by atoms with Gasteiger partial charge in [-0.2, -0.15) is 0 Å². The first kappa shape index (κ1) is 21.7. The van der Waals surface area contributed by atoms with Crippen molar-refractivity contribution in [3.05, 3.63) is 89.4 Å². The average Bonchev–Trinajstić information content (AvgIpc) is 3.55. The summed E-state index contributed by atoms with van der Waals surface area (Å²) in [5.74, 6) is 0.573. The molecule has 0 fully saturated rings. The summed E-state index contributed by atoms with van der Waals surface area (Å²) >= 11 is 0. The summed E-state index contributed by atoms with van der Waals surface area (Å²) < 4.78 is 16.3. The van der Waals surface area contributed by atoms with Gasteiger partial charge in [-0.1, -0.05) is 18.2 Å². The first-order valence-corrected chi connectivity index (χ1v) is 11.2. The first-order chi connectivity index (χ1) is 16.6. The summed E-state index contributed by atoms with van der Waals surface area (Å²) in [4.78, 5) is 32.2. The number of amides is 1. The molecule has 4 aromatic rings. The second-order valence-electron chi connectivity index (χ2n) is 8.27. The van der Waals surface area contributed by atoms with Gasteiger partial charge in [-0.25, -0.2) is 9.78 Å². The van der Waals surface area contributed by atoms with Gasteiger partial charge >= 0.3 is 5.97 Å². The molecule has 5 rings (SSSR count). The number of allylic oxidation sites excluding steroid dienone is 1. The highest BCUT2D eigenvalue weighted by Crippen LogP contribution is 2.36. The van der Waals surface area contributed by atoms with Crippen LogP contribution in [-0.4, -0.2) is 35.4 Å². The van der Waals surface area contributed by atoms with Crippen LogP contribution >= 0.6 is 0 Å². The zero-order valence-corrected chi connectivity index (χ0v) is 18.8. The molecule has 1 aliphatic carbocycles. The minimum absolute atomic E-state index is 0.303. The fraction of sp³-hybridized carbons (Fsp3) is 0.222. The third-order valence-corrected chi connectivity index (χ3v) is 5.96. The van der Waals surface area contributed by atoms with Crippen LogP contribution in [0.4, 0.5) is 0 Å². The zero-order valence-electron chi connectivity index (χ0n) is 18.8. The minimum atomic E-state index is -0.520. The number of hydrogen-bond acceptors (Lipinski definition) is 6. The van der Waals surface area contributed by atoms with Crippen LogP contribution in [0.3, 0.4) is 0 Å². The Hall–Kier alpha value is -4.13. The molecule has 0 spiro atoms. The van der Waals surface area contributed by atoms with Crippen LogP contribution in [0.1, 0.15) is 46.0 Å². The Morgan fingerprint density at radius 2 is 1.88 bits per heavy atom. The number of ether oxygens (including phenoxy) is 1. The number of likely N-dealkylation sites (N-methyl/N-ethyl adjacent to an activating group) is 1. The van der Waals surface area contributed by atoms with Gasteiger partial charge in [0.1, 0.15) is 11.5 Å². The molecule has 172 valence electrons. The van der Waals surface area contributed by atoms with Crippen LogP contribution in [0, 0.1) is 0 Å². The van der Waals surface area contributed by atoms with Gasteiger partial charge < -0.3 is 18.5 Å². The van der Waals surface area contributed by atoms with Crippen molar-refractivity contribution in [3.8, 4) is 0 Å². The summed E-state index contributed by atoms with van der Waals surface area (Å²) in [6.45, 7) is -0.0472. The topological polar surface area (TPSA) is 85.8 Å². The number of furan rings is 2. The number of hydrogen-bond donors (Lipinski definition) is 0. The molecule has 7 heteroatoms. The van der Waals surface area contributed by atoms with Gasteiger partial charge in [0.15, 0.2) is 6.61 Å². The lowest BCUT2D eigenvalue weighted by Gasteiger charge is -2.22. The second-order valence-corrected chi connectivity index (χ2v) is 8.27. The number of nitrogens with zero attached hydrogens (tertiary/aromatic N) is 2. The molecule has 0 saturated carbocycles. The SMILES string of the molecule is CN(Cc1ccco1)C(=O)COC(=O)c1c2c(nc3ccccc13)/C(=C/c1ccco1)CCC2. The standard InChI is InChI=1S/C27H24N2O5/c1-29(16-20-9-6-14-33-20)24(30)17-34-27(31)25-21-10-2-3-12-23(21)28-26-18(7-4-11-22(25)26)15-19-8-5-13-32-19/h2-3,5-6,8-10,12-15H,4,7,11,16-17H2,1H3/b18-15+. The molecule has 0 saturated heterocycles. The van der Waals surface area contributed by atoms with E-state index in [9.17, 15) is 9.59 Å². The Morgan fingerprint density at radius 1 is 1.06 bits per heavy atom. The highest BCUT2D eigenvalue weighted by atomic mass is 16.5. The van der Waals surface area contributed by atoms with Crippen LogP contribution in [0.5, 0.6) is 0 Å². The fourth-order valence-corrected chi connectivity index (χ4v) is 4.29. The second kappa shape index (κ2) is 9.39. The Morgan fingerprint density at radius 3 is 2.68 bits per heavy atom. The van der Waals surface area contributed by atoms with E-state index in [1.165, 1.54) is 4.90 Å². The van der Waals surface area contributed by atoms with Crippen molar-refractivity contribution in [2.45, 2.75) is 25.8 Å². The number of esters is 1. The molecular weight excluding hydrogens is 432 g/mol. The lowest BCUT2D eigenvalue weighted by Crippen LogP contribution is -2.31. The van der Waals surface area contributed by atoms with Crippen molar-refractivity contribution in [1.29, 1.82) is 0 Å². The first-order valence-electron chi connectivity index (χ1n) is 11.2. The zero-order chi connectivity index (χ0) is 23.5. The largest absolute Gasteiger partial charge is 0.467 e. The summed E-state index contributed by atoms with van der Waals surface area (Å²) in [6, 6.07) is 14.8. The predicted molar refractivity (Wildman–Crippen MR) is 127 cm³/mol. The van der Waals surface area contributed by atoms with Crippen molar-refractivity contribution >= 4 is 34.4 Å². The van der Waals surface area contributed by atoms with Gasteiger partial charge in [0.2, 0.25) is 0 Å². The van der Waals surface area contributed by atoms with Gasteiger partial charge in [-0.05, 0) is 66.8 Å². The predicted octanol–water partition coefficient (Wildman–Crippen LogP) is 5.11. The number of carbonyl (C=O) groups excluding carboxylic acids is 2. The maximum absolute atomic E-state index is 13.3. The fourth-order valence-electron chi connectivity index (χ4n) is 4.29. The molecule has 1 aromatic carbocycles. The highest BCUT2D eigenvalue weighted by Gasteiger charge is 2.27. The normalized spacial score (nSPS) is 14.2. The van der Waals surface area contributed by atoms with Crippen molar-refractivity contribution < 1.29 is 23.2 Å². The van der Waals surface area contributed by atoms with Crippen molar-refractivity contribution in [2.24, 2.45) is 0 Å². The van der Waals surface area contributed by atoms with E-state index in [0.717, 1.165) is 40.8 Å². The van der Waals surface area contributed by atoms with E-state index < -0.39 is 5.97 Å². The molecule has 0 atom stereocenters. The Balaban J connectivity index is 1.44. The molecule has 7 nitrogen and oxygen atoms in total. The van der Waals surface area contributed by atoms with Crippen molar-refractivity contribution in [3.63, 3.8) is 0 Å². The molecule has 0 aliphatic heterocycles. The van der Waals surface area contributed by atoms with E-state index >= 15 is 0 Å². The summed E-state index contributed by atoms with van der Waals surface area (Å²) in [6.07, 6.45) is 7.59. The summed E-state index contributed by atoms with van der Waals surface area (Å²) in [5, 5.41) is 0.724. The summed E-state index contributed by atoms with van der Waals surface area (Å²) in [7, 11) is 1.65. The van der Waals surface area contributed by atoms with Gasteiger partial charge in [0.05, 0.1) is 35.8 Å². The number of carbonyl (C=O) groups is 2. The van der Waals surface area contributed by atoms with E-state index in [0.29, 0.717) is 29.8 Å². The van der Waals surface area contributed by atoms with Crippen molar-refractivity contribution in [2.75, 3.05) is 13.7 Å². The van der Waals surface area contributed by atoms with Crippen LogP contribution in [0.15, 0.2) is 69.9 Å². The van der Waals surface area contributed by atoms with E-state index in [1.807, 2.05) is 42.5 Å². The smallest absolute Gasteiger partial charge is 0.339 e. The van der Waals surface area contributed by atoms with Crippen LogP contribution in [0.25, 0.3) is 22.6 Å². The molecule has 0 N–H and O–H groups in total. The van der Waals surface area contributed by atoms with Crippen LogP contribution < -0.4 is 0 Å². The quantitative estimate of drug-likeness (QED) is 0.375. The van der Waals surface area contributed by atoms with E-state index in [4.69, 9.17) is 18.6 Å². The Kier molecular flexibility index (Phi) is 5.99. The monoisotopic (exact) mass is 456 g/mol. The lowest BCUT2D eigenvalue weighted by atomic mass is 9.86. The number of rotatable bonds is 6. The molecule has 3 aromatic heterocycles. The number of aromatic nitrogens is 1. The van der Waals surface area contributed by atoms with Crippen LogP contribution in [-0.2, 0) is 22.5 Å². The number of fused-ring (bicyclic) bond motifs is 2. The van der Waals surface area contributed by atoms with Gasteiger partial charge in [0.25, 0.3) is 5.91 Å². The Labute approximate surface area is 196 Å². The van der Waals surface area contributed by atoms with Crippen LogP contribution in [0.2, 0.25) is 0 Å². The van der Waals surface area contributed by atoms with Gasteiger partial charge in [0, 0.05) is 12.4 Å². The van der Waals surface area contributed by atoms with Gasteiger partial charge in [-0.15, -0.1) is 0 Å². The highest BCUT2D eigenvalue weighted by molar-refractivity contribution is 6.07. The van der Waals surface area contributed by atoms with Gasteiger partial charge in [-0.3, -0.25) is 4.79 Å². The average molecular weight is 456 g/mol. The molecule has 0 radical (unpaired) electrons. The maximum Gasteiger partial charge on any atom is 0.339 e. The molecule has 0 unspecified atom stereocenters. The number of para-hydroxylation sites is 1. The van der Waals surface area contributed by atoms with Crippen molar-refractivity contribution in [1.82, 2.24) is 9.88 Å². The van der Waals surface area contributed by atoms with E-state index in [1.54, 1.807) is 31.7 Å². The minimum Gasteiger partial charge on any atom is -0.467 e. The number of benzene rings is 1. The van der Waals surface area contributed by atoms with E-state index in [2.05, 4.69) is 0 Å². The summed E-state index contributed by atoms with van der Waals surface area (Å²) in [5.41, 5.74) is 3.85. The Bertz CT molecular complexity index is 1350. The molecular formula is C27H24N2O5. The molecule has 1 amide bonds. The third kappa shape index (κ3) is 4.37. The van der Waals surface area contributed by atoms with E-state index in [-0.39, 0.29) is 12.5 Å². The molecule has 3 heterocycles. The molecule has 1 aliphatic rings. The lowest BCUT2D eigenvalue weighted by molar-refractivity contribution is -0.133.